The maximum atomic E-state index is 7.08. The number of hydrogen-bond donors (Lipinski definition) is 0. The van der Waals surface area contributed by atoms with Gasteiger partial charge in [0.1, 0.15) is 11.3 Å². The van der Waals surface area contributed by atoms with Gasteiger partial charge in [0.15, 0.2) is 0 Å². The first kappa shape index (κ1) is 41.6. The van der Waals surface area contributed by atoms with Gasteiger partial charge in [0.25, 0.3) is 0 Å². The Morgan fingerprint density at radius 3 is 1.62 bits per heavy atom. The average Bonchev–Trinajstić information content (AvgIpc) is 3.85. The van der Waals surface area contributed by atoms with Crippen LogP contribution in [0.25, 0.3) is 98.8 Å². The largest absolute Gasteiger partial charge is 0.455 e. The first-order valence-corrected chi connectivity index (χ1v) is 26.2. The third kappa shape index (κ3) is 6.62. The van der Waals surface area contributed by atoms with Gasteiger partial charge < -0.3 is 9.32 Å². The fraction of sp³-hybridized carbons (Fsp3) is 0.143. The van der Waals surface area contributed by atoms with Gasteiger partial charge in [0.05, 0.1) is 5.69 Å². The lowest BCUT2D eigenvalue weighted by molar-refractivity contribution is -0.00518. The fourth-order valence-corrected chi connectivity index (χ4v) is 14.5. The lowest BCUT2D eigenvalue weighted by atomic mass is 9.48. The van der Waals surface area contributed by atoms with Crippen molar-refractivity contribution in [2.45, 2.75) is 43.9 Å². The van der Waals surface area contributed by atoms with Gasteiger partial charge >= 0.3 is 0 Å². The number of hydrogen-bond acceptors (Lipinski definition) is 2. The highest BCUT2D eigenvalue weighted by molar-refractivity contribution is 6.29. The Balaban J connectivity index is 0.886. The number of furan rings is 1. The zero-order valence-corrected chi connectivity index (χ0v) is 40.3. The van der Waals surface area contributed by atoms with E-state index in [0.717, 1.165) is 62.2 Å². The van der Waals surface area contributed by atoms with Crippen LogP contribution in [0, 0.1) is 17.8 Å². The Bertz CT molecular complexity index is 4010. The van der Waals surface area contributed by atoms with E-state index in [-0.39, 0.29) is 0 Å². The van der Waals surface area contributed by atoms with Crippen LogP contribution in [0.3, 0.4) is 0 Å². The van der Waals surface area contributed by atoms with Gasteiger partial charge in [-0.3, -0.25) is 0 Å². The van der Waals surface area contributed by atoms with E-state index < -0.39 is 0 Å². The summed E-state index contributed by atoms with van der Waals surface area (Å²) in [4.78, 5) is 2.50. The number of benzene rings is 11. The van der Waals surface area contributed by atoms with E-state index in [1.54, 1.807) is 5.56 Å². The minimum Gasteiger partial charge on any atom is -0.455 e. The molecule has 4 aliphatic carbocycles. The van der Waals surface area contributed by atoms with E-state index in [9.17, 15) is 0 Å². The molecule has 4 aliphatic rings. The normalized spacial score (nSPS) is 19.2. The summed E-state index contributed by atoms with van der Waals surface area (Å²) in [6.45, 7) is 0. The van der Waals surface area contributed by atoms with E-state index in [1.807, 2.05) is 0 Å². The monoisotopic (exact) mass is 923 g/mol. The molecule has 1 aromatic heterocycles. The van der Waals surface area contributed by atoms with Crippen molar-refractivity contribution in [1.29, 1.82) is 0 Å². The van der Waals surface area contributed by atoms with E-state index in [2.05, 4.69) is 235 Å². The van der Waals surface area contributed by atoms with Crippen LogP contribution in [0.15, 0.2) is 235 Å². The Hall–Kier alpha value is -8.20. The Labute approximate surface area is 420 Å². The molecular weight excluding hydrogens is 871 g/mol. The molecule has 0 N–H and O–H groups in total. The molecule has 4 fully saturated rings. The molecule has 0 aliphatic heterocycles. The third-order valence-electron chi connectivity index (χ3n) is 17.2. The summed E-state index contributed by atoms with van der Waals surface area (Å²) in [5, 5.41) is 10.9. The van der Waals surface area contributed by atoms with Crippen molar-refractivity contribution < 1.29 is 4.42 Å². The molecule has 0 radical (unpaired) electrons. The summed E-state index contributed by atoms with van der Waals surface area (Å²) in [7, 11) is 0. The highest BCUT2D eigenvalue weighted by Gasteiger charge is 2.51. The molecule has 4 bridgehead atoms. The molecule has 344 valence electrons. The van der Waals surface area contributed by atoms with Crippen molar-refractivity contribution in [3.8, 4) is 44.7 Å². The fourth-order valence-electron chi connectivity index (χ4n) is 14.5. The maximum Gasteiger partial charge on any atom is 0.143 e. The third-order valence-corrected chi connectivity index (χ3v) is 17.2. The second-order valence-corrected chi connectivity index (χ2v) is 21.4. The van der Waals surface area contributed by atoms with Crippen LogP contribution in [-0.4, -0.2) is 0 Å². The molecule has 0 unspecified atom stereocenters. The van der Waals surface area contributed by atoms with Crippen molar-refractivity contribution in [2.24, 2.45) is 17.8 Å². The van der Waals surface area contributed by atoms with Gasteiger partial charge in [0.2, 0.25) is 0 Å². The smallest absolute Gasteiger partial charge is 0.143 e. The molecule has 1 heterocycles. The zero-order chi connectivity index (χ0) is 47.3. The summed E-state index contributed by atoms with van der Waals surface area (Å²) in [5.74, 6) is 3.61. The SMILES string of the molecule is c1ccc(-c2oc3c4ccccc4c4ccc(-c5ccc(N(c6ccc(C78CC9CC(CC(C9)C7)C8)cc6)c6ccc(-c7cccc8ccccc78)c7ccccc67)cc5)cc4c3c2-c2ccccc2)cc1. The van der Waals surface area contributed by atoms with Crippen molar-refractivity contribution in [3.05, 3.63) is 236 Å². The van der Waals surface area contributed by atoms with Crippen LogP contribution in [0.1, 0.15) is 44.1 Å². The number of anilines is 3. The van der Waals surface area contributed by atoms with E-state index >= 15 is 0 Å². The molecule has 4 saturated carbocycles. The first-order valence-electron chi connectivity index (χ1n) is 26.2. The molecule has 16 rings (SSSR count). The van der Waals surface area contributed by atoms with Crippen molar-refractivity contribution in [3.63, 3.8) is 0 Å². The predicted molar refractivity (Wildman–Crippen MR) is 303 cm³/mol. The summed E-state index contributed by atoms with van der Waals surface area (Å²) >= 11 is 0. The molecule has 0 amide bonds. The van der Waals surface area contributed by atoms with Gasteiger partial charge in [-0.15, -0.1) is 0 Å². The van der Waals surface area contributed by atoms with E-state index in [0.29, 0.717) is 5.41 Å². The minimum absolute atomic E-state index is 0.339. The van der Waals surface area contributed by atoms with Crippen LogP contribution in [0.4, 0.5) is 17.1 Å². The second kappa shape index (κ2) is 16.4. The van der Waals surface area contributed by atoms with Crippen LogP contribution in [0.2, 0.25) is 0 Å². The molecule has 11 aromatic carbocycles. The molecule has 0 atom stereocenters. The average molecular weight is 924 g/mol. The van der Waals surface area contributed by atoms with Gasteiger partial charge in [-0.1, -0.05) is 194 Å². The predicted octanol–water partition coefficient (Wildman–Crippen LogP) is 19.7. The van der Waals surface area contributed by atoms with E-state index in [4.69, 9.17) is 4.42 Å². The van der Waals surface area contributed by atoms with Gasteiger partial charge in [0, 0.05) is 38.7 Å². The number of rotatable bonds is 8. The molecule has 0 saturated heterocycles. The zero-order valence-electron chi connectivity index (χ0n) is 40.3. The van der Waals surface area contributed by atoms with E-state index in [1.165, 1.54) is 110 Å². The van der Waals surface area contributed by atoms with Crippen molar-refractivity contribution >= 4 is 71.1 Å². The van der Waals surface area contributed by atoms with Crippen LogP contribution in [0.5, 0.6) is 0 Å². The highest BCUT2D eigenvalue weighted by Crippen LogP contribution is 2.61. The highest BCUT2D eigenvalue weighted by atomic mass is 16.3. The van der Waals surface area contributed by atoms with Crippen molar-refractivity contribution in [2.75, 3.05) is 4.90 Å². The van der Waals surface area contributed by atoms with Crippen LogP contribution < -0.4 is 4.90 Å². The quantitative estimate of drug-likeness (QED) is 0.141. The van der Waals surface area contributed by atoms with Gasteiger partial charge in [-0.05, 0) is 164 Å². The minimum atomic E-state index is 0.339. The Morgan fingerprint density at radius 2 is 0.917 bits per heavy atom. The first-order chi connectivity index (χ1) is 35.6. The Morgan fingerprint density at radius 1 is 0.375 bits per heavy atom. The van der Waals surface area contributed by atoms with Crippen molar-refractivity contribution in [1.82, 2.24) is 0 Å². The number of nitrogens with zero attached hydrogens (tertiary/aromatic N) is 1. The summed E-state index contributed by atoms with van der Waals surface area (Å²) in [6, 6.07) is 85.4. The van der Waals surface area contributed by atoms with Gasteiger partial charge in [-0.25, -0.2) is 0 Å². The summed E-state index contributed by atoms with van der Waals surface area (Å²) < 4.78 is 7.08. The lowest BCUT2D eigenvalue weighted by Crippen LogP contribution is -2.48. The molecule has 2 heteroatoms. The van der Waals surface area contributed by atoms with Crippen LogP contribution >= 0.6 is 0 Å². The lowest BCUT2D eigenvalue weighted by Gasteiger charge is -2.57. The van der Waals surface area contributed by atoms with Gasteiger partial charge in [-0.2, -0.15) is 0 Å². The van der Waals surface area contributed by atoms with Crippen LogP contribution in [-0.2, 0) is 5.41 Å². The molecule has 12 aromatic rings. The topological polar surface area (TPSA) is 16.4 Å². The maximum absolute atomic E-state index is 7.08. The molecule has 2 nitrogen and oxygen atoms in total. The molecular formula is C70H53NO. The summed E-state index contributed by atoms with van der Waals surface area (Å²) in [6.07, 6.45) is 8.46. The number of fused-ring (bicyclic) bond motifs is 8. The molecule has 72 heavy (non-hydrogen) atoms. The Kier molecular flexibility index (Phi) is 9.49. The molecule has 0 spiro atoms. The second-order valence-electron chi connectivity index (χ2n) is 21.4. The summed E-state index contributed by atoms with van der Waals surface area (Å²) in [5.41, 5.74) is 14.5. The standard InChI is InChI=1S/C70H53NO/c1-3-15-50(16-4-1)66-67-64-41-52(28-35-61(64)59-22-10-12-24-63(59)69(67)72-68(66)51-17-5-2-6-18-51)48-26-31-54(32-27-48)71(55-33-29-53(30-34-55)70-42-45-38-46(43-70)40-47(39-45)44-70)65-37-36-60(58-21-9-11-23-62(58)65)57-25-13-19-49-14-7-8-20-56(49)57/h1-37,41,45-47H,38-40,42-44H2.